The summed E-state index contributed by atoms with van der Waals surface area (Å²) in [7, 11) is 0. The molecule has 3 nitrogen and oxygen atoms in total. The van der Waals surface area contributed by atoms with E-state index in [1.165, 1.54) is 12.1 Å². The zero-order valence-corrected chi connectivity index (χ0v) is 18.0. The molecule has 0 radical (unpaired) electrons. The maximum absolute atomic E-state index is 13.1. The zero-order chi connectivity index (χ0) is 19.8. The minimum absolute atomic E-state index is 0.121. The molecule has 0 heterocycles. The quantitative estimate of drug-likeness (QED) is 0.354. The largest absolute Gasteiger partial charge is 0.477 e. The second-order valence-electron chi connectivity index (χ2n) is 5.73. The Morgan fingerprint density at radius 3 is 2.20 bits per heavy atom. The minimum Gasteiger partial charge on any atom is -0.477 e. The highest BCUT2D eigenvalue weighted by atomic mass is 79.9. The van der Waals surface area contributed by atoms with Gasteiger partial charge in [-0.2, -0.15) is 13.2 Å². The number of esters is 1. The van der Waals surface area contributed by atoms with Crippen LogP contribution in [-0.2, 0) is 15.7 Å². The van der Waals surface area contributed by atoms with E-state index in [0.29, 0.717) is 5.33 Å². The van der Waals surface area contributed by atoms with Gasteiger partial charge in [0.2, 0.25) is 0 Å². The van der Waals surface area contributed by atoms with E-state index >= 15 is 0 Å². The van der Waals surface area contributed by atoms with E-state index in [9.17, 15) is 18.0 Å². The van der Waals surface area contributed by atoms with Crippen LogP contribution in [0.1, 0.15) is 46.6 Å². The van der Waals surface area contributed by atoms with Crippen LogP contribution in [0.4, 0.5) is 13.2 Å². The molecule has 1 aromatic carbocycles. The van der Waals surface area contributed by atoms with E-state index in [1.54, 1.807) is 20.8 Å². The number of benzene rings is 1. The van der Waals surface area contributed by atoms with Crippen molar-refractivity contribution >= 4 is 37.8 Å². The maximum Gasteiger partial charge on any atom is 0.420 e. The SMILES string of the molecule is CC.CC(C)(C)OC(=O)C(CCBr)Oc1c(Br)cccc1C(F)(F)F. The number of ether oxygens (including phenoxy) is 2. The van der Waals surface area contributed by atoms with Gasteiger partial charge in [0.15, 0.2) is 6.10 Å². The first-order chi connectivity index (χ1) is 11.5. The standard InChI is InChI=1S/C15H17Br2F3O3.C2H6/c1-14(2,3)23-13(21)11(7-8-16)22-12-9(15(18,19)20)5-4-6-10(12)17;1-2/h4-6,11H,7-8H2,1-3H3;1-2H3. The molecule has 0 aliphatic carbocycles. The molecule has 1 aromatic rings. The van der Waals surface area contributed by atoms with Crippen LogP contribution < -0.4 is 4.74 Å². The molecular formula is C17H23Br2F3O3. The lowest BCUT2D eigenvalue weighted by Gasteiger charge is -2.25. The average molecular weight is 492 g/mol. The number of alkyl halides is 4. The Hall–Kier alpha value is -0.760. The third kappa shape index (κ3) is 8.44. The molecule has 0 spiro atoms. The van der Waals surface area contributed by atoms with E-state index in [1.807, 2.05) is 13.8 Å². The van der Waals surface area contributed by atoms with E-state index in [4.69, 9.17) is 9.47 Å². The summed E-state index contributed by atoms with van der Waals surface area (Å²) >= 11 is 6.21. The summed E-state index contributed by atoms with van der Waals surface area (Å²) < 4.78 is 50.0. The predicted octanol–water partition coefficient (Wildman–Crippen LogP) is 6.37. The van der Waals surface area contributed by atoms with Gasteiger partial charge in [-0.3, -0.25) is 0 Å². The lowest BCUT2D eigenvalue weighted by Crippen LogP contribution is -2.36. The Morgan fingerprint density at radius 1 is 1.20 bits per heavy atom. The van der Waals surface area contributed by atoms with Gasteiger partial charge in [0, 0.05) is 11.8 Å². The summed E-state index contributed by atoms with van der Waals surface area (Å²) in [6.45, 7) is 9.03. The Kier molecular flexibility index (Phi) is 10.1. The second kappa shape index (κ2) is 10.4. The van der Waals surface area contributed by atoms with Crippen molar-refractivity contribution in [2.24, 2.45) is 0 Å². The Labute approximate surface area is 163 Å². The molecule has 25 heavy (non-hydrogen) atoms. The molecule has 1 atom stereocenters. The normalized spacial score (nSPS) is 12.7. The number of carbonyl (C=O) groups excluding carboxylic acids is 1. The van der Waals surface area contributed by atoms with Crippen molar-refractivity contribution in [3.8, 4) is 5.75 Å². The Balaban J connectivity index is 0.00000277. The second-order valence-corrected chi connectivity index (χ2v) is 7.38. The molecule has 0 amide bonds. The predicted molar refractivity (Wildman–Crippen MR) is 99.2 cm³/mol. The van der Waals surface area contributed by atoms with E-state index in [2.05, 4.69) is 31.9 Å². The molecule has 0 saturated carbocycles. The van der Waals surface area contributed by atoms with Gasteiger partial charge in [-0.05, 0) is 48.8 Å². The van der Waals surface area contributed by atoms with Crippen LogP contribution in [0.3, 0.4) is 0 Å². The summed E-state index contributed by atoms with van der Waals surface area (Å²) in [6.07, 6.45) is -5.56. The molecular weight excluding hydrogens is 469 g/mol. The highest BCUT2D eigenvalue weighted by Gasteiger charge is 2.37. The van der Waals surface area contributed by atoms with E-state index < -0.39 is 35.2 Å². The summed E-state index contributed by atoms with van der Waals surface area (Å²) in [5, 5.41) is 0.378. The zero-order valence-electron chi connectivity index (χ0n) is 14.8. The topological polar surface area (TPSA) is 35.5 Å². The van der Waals surface area contributed by atoms with Crippen LogP contribution in [0.25, 0.3) is 0 Å². The van der Waals surface area contributed by atoms with Crippen molar-refractivity contribution in [1.29, 1.82) is 0 Å². The van der Waals surface area contributed by atoms with Crippen LogP contribution in [0.2, 0.25) is 0 Å². The van der Waals surface area contributed by atoms with Crippen molar-refractivity contribution in [2.75, 3.05) is 5.33 Å². The number of halogens is 5. The van der Waals surface area contributed by atoms with Gasteiger partial charge < -0.3 is 9.47 Å². The molecule has 1 unspecified atom stereocenters. The van der Waals surface area contributed by atoms with Crippen molar-refractivity contribution in [2.45, 2.75) is 58.9 Å². The first-order valence-electron chi connectivity index (χ1n) is 7.77. The first kappa shape index (κ1) is 24.2. The number of hydrogen-bond donors (Lipinski definition) is 0. The van der Waals surface area contributed by atoms with Crippen molar-refractivity contribution in [3.63, 3.8) is 0 Å². The highest BCUT2D eigenvalue weighted by molar-refractivity contribution is 9.10. The fourth-order valence-corrected chi connectivity index (χ4v) is 2.56. The van der Waals surface area contributed by atoms with E-state index in [0.717, 1.165) is 6.07 Å². The number of para-hydroxylation sites is 1. The third-order valence-corrected chi connectivity index (χ3v) is 3.66. The lowest BCUT2D eigenvalue weighted by molar-refractivity contribution is -0.164. The number of rotatable bonds is 5. The van der Waals surface area contributed by atoms with Gasteiger partial charge in [0.05, 0.1) is 10.0 Å². The van der Waals surface area contributed by atoms with Gasteiger partial charge in [-0.15, -0.1) is 0 Å². The average Bonchev–Trinajstić information content (AvgIpc) is 2.47. The molecule has 0 aromatic heterocycles. The van der Waals surface area contributed by atoms with Gasteiger partial charge in [-0.1, -0.05) is 35.8 Å². The molecule has 144 valence electrons. The molecule has 0 N–H and O–H groups in total. The van der Waals surface area contributed by atoms with Crippen molar-refractivity contribution in [3.05, 3.63) is 28.2 Å². The summed E-state index contributed by atoms with van der Waals surface area (Å²) in [5.41, 5.74) is -1.71. The molecule has 0 aliphatic heterocycles. The lowest BCUT2D eigenvalue weighted by atomic mass is 10.1. The first-order valence-corrected chi connectivity index (χ1v) is 9.68. The van der Waals surface area contributed by atoms with Crippen LogP contribution in [0.15, 0.2) is 22.7 Å². The fraction of sp³-hybridized carbons (Fsp3) is 0.588. The fourth-order valence-electron chi connectivity index (χ4n) is 1.69. The summed E-state index contributed by atoms with van der Waals surface area (Å²) in [5.74, 6) is -1.13. The van der Waals surface area contributed by atoms with Crippen LogP contribution >= 0.6 is 31.9 Å². The van der Waals surface area contributed by atoms with Gasteiger partial charge in [0.1, 0.15) is 11.4 Å². The molecule has 0 aliphatic rings. The molecule has 8 heteroatoms. The summed E-state index contributed by atoms with van der Waals surface area (Å²) in [6, 6.07) is 3.58. The van der Waals surface area contributed by atoms with Gasteiger partial charge in [-0.25, -0.2) is 4.79 Å². The van der Waals surface area contributed by atoms with Crippen molar-refractivity contribution in [1.82, 2.24) is 0 Å². The smallest absolute Gasteiger partial charge is 0.420 e. The summed E-state index contributed by atoms with van der Waals surface area (Å²) in [4.78, 5) is 12.2. The highest BCUT2D eigenvalue weighted by Crippen LogP contribution is 2.41. The third-order valence-electron chi connectivity index (χ3n) is 2.57. The maximum atomic E-state index is 13.1. The monoisotopic (exact) mass is 490 g/mol. The molecule has 0 fully saturated rings. The number of carbonyl (C=O) groups is 1. The number of hydrogen-bond acceptors (Lipinski definition) is 3. The van der Waals surface area contributed by atoms with Crippen LogP contribution in [-0.4, -0.2) is 23.0 Å². The molecule has 0 bridgehead atoms. The molecule has 1 rings (SSSR count). The van der Waals surface area contributed by atoms with Gasteiger partial charge in [0.25, 0.3) is 0 Å². The van der Waals surface area contributed by atoms with Crippen LogP contribution in [0.5, 0.6) is 5.75 Å². The van der Waals surface area contributed by atoms with Gasteiger partial charge >= 0.3 is 12.1 Å². The minimum atomic E-state index is -4.59. The Morgan fingerprint density at radius 2 is 1.76 bits per heavy atom. The Bertz CT molecular complexity index is 555. The molecule has 0 saturated heterocycles. The van der Waals surface area contributed by atoms with E-state index in [-0.39, 0.29) is 10.9 Å². The van der Waals surface area contributed by atoms with Crippen molar-refractivity contribution < 1.29 is 27.4 Å². The van der Waals surface area contributed by atoms with Crippen LogP contribution in [0, 0.1) is 0 Å².